The van der Waals surface area contributed by atoms with Crippen LogP contribution < -0.4 is 10.2 Å². The van der Waals surface area contributed by atoms with E-state index in [9.17, 15) is 9.18 Å². The lowest BCUT2D eigenvalue weighted by Crippen LogP contribution is -2.48. The standard InChI is InChI=1S/C19H19FN6O/c20-14-5-1-4-13(10-14)17-16(11-23-25-17)18(27)24-15-6-2-9-26(12-15)19-21-7-3-8-22-19/h1,3-5,7-8,10-11,15H,2,6,9,12H2,(H,23,25)(H,24,27)/t15-/m0/s1. The van der Waals surface area contributed by atoms with Crippen LogP contribution in [0, 0.1) is 5.82 Å². The van der Waals surface area contributed by atoms with Gasteiger partial charge >= 0.3 is 0 Å². The molecule has 2 N–H and O–H groups in total. The summed E-state index contributed by atoms with van der Waals surface area (Å²) in [5, 5.41) is 9.82. The molecular weight excluding hydrogens is 347 g/mol. The Morgan fingerprint density at radius 1 is 1.26 bits per heavy atom. The second-order valence-corrected chi connectivity index (χ2v) is 6.48. The van der Waals surface area contributed by atoms with Gasteiger partial charge in [0.05, 0.1) is 17.5 Å². The number of aromatic nitrogens is 4. The number of aromatic amines is 1. The average molecular weight is 366 g/mol. The van der Waals surface area contributed by atoms with Crippen LogP contribution in [0.2, 0.25) is 0 Å². The Morgan fingerprint density at radius 2 is 2.11 bits per heavy atom. The topological polar surface area (TPSA) is 86.8 Å². The van der Waals surface area contributed by atoms with E-state index in [1.807, 2.05) is 0 Å². The van der Waals surface area contributed by atoms with Crippen LogP contribution in [0.15, 0.2) is 48.9 Å². The quantitative estimate of drug-likeness (QED) is 0.740. The van der Waals surface area contributed by atoms with Crippen molar-refractivity contribution < 1.29 is 9.18 Å². The number of anilines is 1. The number of halogens is 1. The van der Waals surface area contributed by atoms with Crippen LogP contribution >= 0.6 is 0 Å². The number of nitrogens with one attached hydrogen (secondary N) is 2. The molecule has 2 aromatic heterocycles. The van der Waals surface area contributed by atoms with Gasteiger partial charge in [0.15, 0.2) is 0 Å². The highest BCUT2D eigenvalue weighted by atomic mass is 19.1. The van der Waals surface area contributed by atoms with Crippen LogP contribution in [0.1, 0.15) is 23.2 Å². The first-order valence-corrected chi connectivity index (χ1v) is 8.83. The Morgan fingerprint density at radius 3 is 2.93 bits per heavy atom. The minimum absolute atomic E-state index is 0.0229. The summed E-state index contributed by atoms with van der Waals surface area (Å²) in [6.45, 7) is 1.50. The maximum atomic E-state index is 13.5. The molecule has 3 heterocycles. The summed E-state index contributed by atoms with van der Waals surface area (Å²) in [6, 6.07) is 7.83. The van der Waals surface area contributed by atoms with Crippen molar-refractivity contribution >= 4 is 11.9 Å². The number of hydrogen-bond donors (Lipinski definition) is 2. The highest BCUT2D eigenvalue weighted by molar-refractivity contribution is 5.99. The second-order valence-electron chi connectivity index (χ2n) is 6.48. The van der Waals surface area contributed by atoms with Crippen LogP contribution in [-0.2, 0) is 0 Å². The van der Waals surface area contributed by atoms with Gasteiger partial charge in [0.2, 0.25) is 5.95 Å². The molecule has 0 unspecified atom stereocenters. The van der Waals surface area contributed by atoms with Crippen molar-refractivity contribution in [2.45, 2.75) is 18.9 Å². The minimum Gasteiger partial charge on any atom is -0.347 e. The predicted molar refractivity (Wildman–Crippen MR) is 98.7 cm³/mol. The lowest BCUT2D eigenvalue weighted by Gasteiger charge is -2.33. The molecule has 1 amide bonds. The van der Waals surface area contributed by atoms with E-state index in [0.29, 0.717) is 29.3 Å². The molecule has 0 radical (unpaired) electrons. The zero-order chi connectivity index (χ0) is 18.6. The Labute approximate surface area is 155 Å². The van der Waals surface area contributed by atoms with Crippen LogP contribution in [0.25, 0.3) is 11.3 Å². The first-order chi connectivity index (χ1) is 13.2. The molecule has 27 heavy (non-hydrogen) atoms. The number of rotatable bonds is 4. The maximum absolute atomic E-state index is 13.5. The van der Waals surface area contributed by atoms with Gasteiger partial charge in [0.25, 0.3) is 5.91 Å². The van der Waals surface area contributed by atoms with Gasteiger partial charge in [0, 0.05) is 37.1 Å². The predicted octanol–water partition coefficient (Wildman–Crippen LogP) is 2.40. The van der Waals surface area contributed by atoms with Crippen molar-refractivity contribution in [3.8, 4) is 11.3 Å². The third-order valence-corrected chi connectivity index (χ3v) is 4.59. The monoisotopic (exact) mass is 366 g/mol. The van der Waals surface area contributed by atoms with Gasteiger partial charge in [-0.15, -0.1) is 0 Å². The SMILES string of the molecule is O=C(N[C@H]1CCCN(c2ncccn2)C1)c1cn[nH]c1-c1cccc(F)c1. The Kier molecular flexibility index (Phi) is 4.78. The van der Waals surface area contributed by atoms with Crippen molar-refractivity contribution in [3.05, 3.63) is 60.3 Å². The van der Waals surface area contributed by atoms with E-state index in [4.69, 9.17) is 0 Å². The molecule has 3 aromatic rings. The van der Waals surface area contributed by atoms with Crippen molar-refractivity contribution in [2.75, 3.05) is 18.0 Å². The fraction of sp³-hybridized carbons (Fsp3) is 0.263. The average Bonchev–Trinajstić information content (AvgIpc) is 3.19. The molecule has 0 saturated carbocycles. The Balaban J connectivity index is 1.48. The van der Waals surface area contributed by atoms with Crippen LogP contribution in [0.3, 0.4) is 0 Å². The number of nitrogens with zero attached hydrogens (tertiary/aromatic N) is 4. The summed E-state index contributed by atoms with van der Waals surface area (Å²) in [5.41, 5.74) is 1.49. The van der Waals surface area contributed by atoms with Gasteiger partial charge in [-0.3, -0.25) is 9.89 Å². The van der Waals surface area contributed by atoms with Gasteiger partial charge in [0.1, 0.15) is 5.82 Å². The summed E-state index contributed by atoms with van der Waals surface area (Å²) < 4.78 is 13.5. The third kappa shape index (κ3) is 3.79. The lowest BCUT2D eigenvalue weighted by molar-refractivity contribution is 0.0933. The fourth-order valence-corrected chi connectivity index (χ4v) is 3.32. The largest absolute Gasteiger partial charge is 0.347 e. The normalized spacial score (nSPS) is 16.9. The summed E-state index contributed by atoms with van der Waals surface area (Å²) in [4.78, 5) is 23.4. The van der Waals surface area contributed by atoms with Gasteiger partial charge < -0.3 is 10.2 Å². The molecule has 1 saturated heterocycles. The molecule has 0 aliphatic carbocycles. The van der Waals surface area contributed by atoms with Gasteiger partial charge in [-0.25, -0.2) is 14.4 Å². The van der Waals surface area contributed by atoms with Crippen molar-refractivity contribution in [1.29, 1.82) is 0 Å². The van der Waals surface area contributed by atoms with E-state index in [-0.39, 0.29) is 17.8 Å². The summed E-state index contributed by atoms with van der Waals surface area (Å²) in [6.07, 6.45) is 6.70. The van der Waals surface area contributed by atoms with Crippen LogP contribution in [0.4, 0.5) is 10.3 Å². The van der Waals surface area contributed by atoms with E-state index < -0.39 is 0 Å². The molecule has 8 heteroatoms. The molecule has 1 aromatic carbocycles. The molecular formula is C19H19FN6O. The van der Waals surface area contributed by atoms with Gasteiger partial charge in [-0.1, -0.05) is 12.1 Å². The molecule has 1 aliphatic heterocycles. The molecule has 1 aliphatic rings. The molecule has 1 atom stereocenters. The number of H-pyrrole nitrogens is 1. The number of hydrogen-bond acceptors (Lipinski definition) is 5. The van der Waals surface area contributed by atoms with Crippen molar-refractivity contribution in [2.24, 2.45) is 0 Å². The summed E-state index contributed by atoms with van der Waals surface area (Å²) in [5.74, 6) is 0.0725. The van der Waals surface area contributed by atoms with E-state index in [1.165, 1.54) is 18.3 Å². The van der Waals surface area contributed by atoms with E-state index in [0.717, 1.165) is 19.4 Å². The van der Waals surface area contributed by atoms with Crippen LogP contribution in [-0.4, -0.2) is 45.2 Å². The second kappa shape index (κ2) is 7.53. The van der Waals surface area contributed by atoms with E-state index in [2.05, 4.69) is 30.4 Å². The van der Waals surface area contributed by atoms with Crippen LogP contribution in [0.5, 0.6) is 0 Å². The Bertz CT molecular complexity index is 929. The van der Waals surface area contributed by atoms with Crippen molar-refractivity contribution in [1.82, 2.24) is 25.5 Å². The summed E-state index contributed by atoms with van der Waals surface area (Å²) >= 11 is 0. The van der Waals surface area contributed by atoms with Gasteiger partial charge in [-0.2, -0.15) is 5.10 Å². The zero-order valence-electron chi connectivity index (χ0n) is 14.6. The highest BCUT2D eigenvalue weighted by Crippen LogP contribution is 2.22. The Hall–Kier alpha value is -3.29. The van der Waals surface area contributed by atoms with Gasteiger partial charge in [-0.05, 0) is 31.0 Å². The zero-order valence-corrected chi connectivity index (χ0v) is 14.6. The molecule has 0 bridgehead atoms. The first kappa shape index (κ1) is 17.1. The molecule has 7 nitrogen and oxygen atoms in total. The van der Waals surface area contributed by atoms with Crippen molar-refractivity contribution in [3.63, 3.8) is 0 Å². The first-order valence-electron chi connectivity index (χ1n) is 8.83. The summed E-state index contributed by atoms with van der Waals surface area (Å²) in [7, 11) is 0. The molecule has 0 spiro atoms. The minimum atomic E-state index is -0.362. The number of carbonyl (C=O) groups is 1. The number of amides is 1. The molecule has 138 valence electrons. The number of piperidine rings is 1. The third-order valence-electron chi connectivity index (χ3n) is 4.59. The van der Waals surface area contributed by atoms with E-state index >= 15 is 0 Å². The number of benzene rings is 1. The maximum Gasteiger partial charge on any atom is 0.255 e. The highest BCUT2D eigenvalue weighted by Gasteiger charge is 2.25. The number of carbonyl (C=O) groups excluding carboxylic acids is 1. The fourth-order valence-electron chi connectivity index (χ4n) is 3.32. The smallest absolute Gasteiger partial charge is 0.255 e. The lowest BCUT2D eigenvalue weighted by atomic mass is 10.0. The molecule has 4 rings (SSSR count). The molecule has 1 fully saturated rings. The van der Waals surface area contributed by atoms with E-state index in [1.54, 1.807) is 30.6 Å².